The monoisotopic (exact) mass is 322 g/mol. The summed E-state index contributed by atoms with van der Waals surface area (Å²) in [5.74, 6) is -1.13. The molecule has 100 valence electrons. The smallest absolute Gasteiger partial charge is 0.289 e. The fraction of sp³-hybridized carbons (Fsp3) is 0.286. The number of amides is 1. The van der Waals surface area contributed by atoms with Gasteiger partial charge in [-0.2, -0.15) is 0 Å². The fourth-order valence-corrected chi connectivity index (χ4v) is 2.47. The minimum absolute atomic E-state index is 0.371. The van der Waals surface area contributed by atoms with Gasteiger partial charge in [0.1, 0.15) is 0 Å². The van der Waals surface area contributed by atoms with Crippen molar-refractivity contribution >= 4 is 38.5 Å². The van der Waals surface area contributed by atoms with Crippen LogP contribution in [0.2, 0.25) is 0 Å². The van der Waals surface area contributed by atoms with Crippen LogP contribution in [0.15, 0.2) is 28.9 Å². The van der Waals surface area contributed by atoms with Crippen molar-refractivity contribution in [2.45, 2.75) is 20.4 Å². The number of Topliss-reactive ketones (excluding diaryl/α,β-unsaturated/α-hetero) is 1. The van der Waals surface area contributed by atoms with Gasteiger partial charge in [0.2, 0.25) is 0 Å². The van der Waals surface area contributed by atoms with Gasteiger partial charge < -0.3 is 10.3 Å². The number of hydrogen-bond donors (Lipinski definition) is 1. The SMILES string of the molecule is CC(C)Cn1cc(C(=O)C(N)=O)c2ccc(Br)cc21. The molecule has 0 aliphatic rings. The second-order valence-electron chi connectivity index (χ2n) is 4.94. The number of fused-ring (bicyclic) bond motifs is 1. The molecule has 0 unspecified atom stereocenters. The number of rotatable bonds is 4. The van der Waals surface area contributed by atoms with Crippen LogP contribution < -0.4 is 5.73 Å². The van der Waals surface area contributed by atoms with Crippen molar-refractivity contribution in [2.24, 2.45) is 11.7 Å². The van der Waals surface area contributed by atoms with E-state index in [-0.39, 0.29) is 0 Å². The van der Waals surface area contributed by atoms with E-state index in [1.807, 2.05) is 22.8 Å². The van der Waals surface area contributed by atoms with Crippen LogP contribution in [0.4, 0.5) is 0 Å². The maximum Gasteiger partial charge on any atom is 0.289 e. The van der Waals surface area contributed by atoms with Crippen molar-refractivity contribution in [1.29, 1.82) is 0 Å². The maximum atomic E-state index is 11.8. The molecule has 0 radical (unpaired) electrons. The Morgan fingerprint density at radius 3 is 2.63 bits per heavy atom. The molecular weight excluding hydrogens is 308 g/mol. The highest BCUT2D eigenvalue weighted by Gasteiger charge is 2.19. The predicted octanol–water partition coefficient (Wildman–Crippen LogP) is 2.73. The van der Waals surface area contributed by atoms with E-state index in [0.717, 1.165) is 21.9 Å². The molecule has 0 aliphatic heterocycles. The van der Waals surface area contributed by atoms with Crippen LogP contribution in [-0.2, 0) is 11.3 Å². The Labute approximate surface area is 119 Å². The molecule has 1 amide bonds. The van der Waals surface area contributed by atoms with Gasteiger partial charge in [0, 0.05) is 28.1 Å². The van der Waals surface area contributed by atoms with Gasteiger partial charge in [-0.05, 0) is 18.1 Å². The van der Waals surface area contributed by atoms with Gasteiger partial charge in [-0.3, -0.25) is 9.59 Å². The molecule has 0 saturated carbocycles. The number of primary amides is 1. The van der Waals surface area contributed by atoms with Crippen LogP contribution in [0.25, 0.3) is 10.9 Å². The lowest BCUT2D eigenvalue weighted by Gasteiger charge is -2.08. The van der Waals surface area contributed by atoms with Crippen molar-refractivity contribution in [3.63, 3.8) is 0 Å². The average Bonchev–Trinajstić information content (AvgIpc) is 2.65. The molecule has 0 spiro atoms. The lowest BCUT2D eigenvalue weighted by atomic mass is 10.1. The van der Waals surface area contributed by atoms with Gasteiger partial charge in [-0.15, -0.1) is 0 Å². The molecule has 0 bridgehead atoms. The number of nitrogens with zero attached hydrogens (tertiary/aromatic N) is 1. The Kier molecular flexibility index (Phi) is 3.75. The Balaban J connectivity index is 2.66. The highest BCUT2D eigenvalue weighted by molar-refractivity contribution is 9.10. The van der Waals surface area contributed by atoms with Crippen molar-refractivity contribution in [1.82, 2.24) is 4.57 Å². The number of carbonyl (C=O) groups excluding carboxylic acids is 2. The van der Waals surface area contributed by atoms with Crippen molar-refractivity contribution in [3.05, 3.63) is 34.4 Å². The number of nitrogens with two attached hydrogens (primary N) is 1. The number of hydrogen-bond acceptors (Lipinski definition) is 2. The first kappa shape index (κ1) is 13.8. The van der Waals surface area contributed by atoms with E-state index >= 15 is 0 Å². The summed E-state index contributed by atoms with van der Waals surface area (Å²) in [6.07, 6.45) is 1.71. The lowest BCUT2D eigenvalue weighted by molar-refractivity contribution is -0.114. The van der Waals surface area contributed by atoms with Crippen molar-refractivity contribution in [3.8, 4) is 0 Å². The minimum atomic E-state index is -0.925. The Bertz CT molecular complexity index is 659. The van der Waals surface area contributed by atoms with E-state index in [2.05, 4.69) is 29.8 Å². The molecule has 1 heterocycles. The second-order valence-corrected chi connectivity index (χ2v) is 5.86. The van der Waals surface area contributed by atoms with Crippen LogP contribution >= 0.6 is 15.9 Å². The predicted molar refractivity (Wildman–Crippen MR) is 78.0 cm³/mol. The van der Waals surface area contributed by atoms with E-state index in [0.29, 0.717) is 11.5 Å². The molecule has 0 atom stereocenters. The van der Waals surface area contributed by atoms with Gasteiger partial charge in [0.25, 0.3) is 11.7 Å². The molecule has 2 aromatic rings. The van der Waals surface area contributed by atoms with Crippen LogP contribution in [0, 0.1) is 5.92 Å². The van der Waals surface area contributed by atoms with Crippen molar-refractivity contribution < 1.29 is 9.59 Å². The Morgan fingerprint density at radius 1 is 1.37 bits per heavy atom. The largest absolute Gasteiger partial charge is 0.363 e. The third-order valence-corrected chi connectivity index (χ3v) is 3.37. The molecule has 0 fully saturated rings. The third-order valence-electron chi connectivity index (χ3n) is 2.87. The molecule has 5 heteroatoms. The zero-order valence-electron chi connectivity index (χ0n) is 10.8. The van der Waals surface area contributed by atoms with E-state index < -0.39 is 11.7 Å². The van der Waals surface area contributed by atoms with Crippen LogP contribution in [-0.4, -0.2) is 16.3 Å². The summed E-state index contributed by atoms with van der Waals surface area (Å²) >= 11 is 3.42. The highest BCUT2D eigenvalue weighted by atomic mass is 79.9. The summed E-state index contributed by atoms with van der Waals surface area (Å²) in [5, 5.41) is 0.757. The summed E-state index contributed by atoms with van der Waals surface area (Å²) < 4.78 is 2.92. The summed E-state index contributed by atoms with van der Waals surface area (Å²) in [4.78, 5) is 22.9. The molecule has 19 heavy (non-hydrogen) atoms. The first-order valence-corrected chi connectivity index (χ1v) is 6.82. The van der Waals surface area contributed by atoms with Gasteiger partial charge in [-0.1, -0.05) is 35.8 Å². The van der Waals surface area contributed by atoms with E-state index in [1.54, 1.807) is 6.20 Å². The summed E-state index contributed by atoms with van der Waals surface area (Å²) in [6, 6.07) is 5.61. The zero-order valence-corrected chi connectivity index (χ0v) is 12.4. The Hall–Kier alpha value is -1.62. The summed E-state index contributed by atoms with van der Waals surface area (Å²) in [7, 11) is 0. The number of carbonyl (C=O) groups is 2. The highest BCUT2D eigenvalue weighted by Crippen LogP contribution is 2.26. The lowest BCUT2D eigenvalue weighted by Crippen LogP contribution is -2.22. The first-order valence-electron chi connectivity index (χ1n) is 6.02. The average molecular weight is 323 g/mol. The second kappa shape index (κ2) is 5.17. The molecule has 1 aromatic heterocycles. The van der Waals surface area contributed by atoms with E-state index in [1.165, 1.54) is 0 Å². The maximum absolute atomic E-state index is 11.8. The number of halogens is 1. The zero-order chi connectivity index (χ0) is 14.2. The molecule has 2 rings (SSSR count). The van der Waals surface area contributed by atoms with Crippen LogP contribution in [0.3, 0.4) is 0 Å². The molecule has 4 nitrogen and oxygen atoms in total. The quantitative estimate of drug-likeness (QED) is 0.694. The van der Waals surface area contributed by atoms with Gasteiger partial charge in [-0.25, -0.2) is 0 Å². The topological polar surface area (TPSA) is 65.1 Å². The molecule has 0 aliphatic carbocycles. The third kappa shape index (κ3) is 2.71. The fourth-order valence-electron chi connectivity index (χ4n) is 2.12. The number of aromatic nitrogens is 1. The van der Waals surface area contributed by atoms with E-state index in [9.17, 15) is 9.59 Å². The molecule has 0 saturated heterocycles. The van der Waals surface area contributed by atoms with E-state index in [4.69, 9.17) is 5.73 Å². The first-order chi connectivity index (χ1) is 8.90. The molecule has 2 N–H and O–H groups in total. The normalized spacial score (nSPS) is 11.2. The number of ketones is 1. The minimum Gasteiger partial charge on any atom is -0.363 e. The molecule has 1 aromatic carbocycles. The summed E-state index contributed by atoms with van der Waals surface area (Å²) in [6.45, 7) is 4.97. The summed E-state index contributed by atoms with van der Waals surface area (Å²) in [5.41, 5.74) is 6.39. The van der Waals surface area contributed by atoms with Gasteiger partial charge in [0.05, 0.1) is 5.56 Å². The number of benzene rings is 1. The van der Waals surface area contributed by atoms with Gasteiger partial charge in [0.15, 0.2) is 0 Å². The Morgan fingerprint density at radius 2 is 2.05 bits per heavy atom. The van der Waals surface area contributed by atoms with Crippen LogP contribution in [0.1, 0.15) is 24.2 Å². The standard InChI is InChI=1S/C14H15BrN2O2/c1-8(2)6-17-7-11(13(18)14(16)19)10-4-3-9(15)5-12(10)17/h3-5,7-8H,6H2,1-2H3,(H2,16,19). The van der Waals surface area contributed by atoms with Crippen molar-refractivity contribution in [2.75, 3.05) is 0 Å². The molecular formula is C14H15BrN2O2. The van der Waals surface area contributed by atoms with Crippen LogP contribution in [0.5, 0.6) is 0 Å². The van der Waals surface area contributed by atoms with Gasteiger partial charge >= 0.3 is 0 Å².